The molecule has 0 bridgehead atoms. The van der Waals surface area contributed by atoms with Gasteiger partial charge in [0.2, 0.25) is 0 Å². The highest BCUT2D eigenvalue weighted by Crippen LogP contribution is 2.19. The predicted molar refractivity (Wildman–Crippen MR) is 52.7 cm³/mol. The first kappa shape index (κ1) is 8.50. The maximum absolute atomic E-state index is 10.9. The van der Waals surface area contributed by atoms with E-state index in [1.54, 1.807) is 24.4 Å². The molecular weight excluding hydrogens is 180 g/mol. The van der Waals surface area contributed by atoms with Gasteiger partial charge in [-0.2, -0.15) is 0 Å². The Morgan fingerprint density at radius 2 is 2.14 bits per heavy atom. The van der Waals surface area contributed by atoms with Crippen LogP contribution in [0, 0.1) is 0 Å². The summed E-state index contributed by atoms with van der Waals surface area (Å²) in [5.41, 5.74) is 1.60. The molecule has 1 aliphatic carbocycles. The highest BCUT2D eigenvalue weighted by atomic mass is 16.4. The summed E-state index contributed by atoms with van der Waals surface area (Å²) in [6, 6.07) is 0. The van der Waals surface area contributed by atoms with Crippen LogP contribution in [0.4, 0.5) is 0 Å². The molecule has 4 heteroatoms. The lowest BCUT2D eigenvalue weighted by Crippen LogP contribution is -2.19. The van der Waals surface area contributed by atoms with Crippen molar-refractivity contribution in [2.45, 2.75) is 0 Å². The minimum atomic E-state index is -0.950. The van der Waals surface area contributed by atoms with E-state index in [1.165, 1.54) is 6.34 Å². The second-order valence-electron chi connectivity index (χ2n) is 2.82. The van der Waals surface area contributed by atoms with Gasteiger partial charge in [0.05, 0.1) is 17.6 Å². The number of carboxylic acid groups (broad SMARTS) is 1. The number of allylic oxidation sites excluding steroid dienone is 3. The van der Waals surface area contributed by atoms with Crippen LogP contribution in [0.15, 0.2) is 52.3 Å². The molecule has 1 heterocycles. The molecule has 0 unspecified atom stereocenters. The average Bonchev–Trinajstić information content (AvgIpc) is 2.39. The zero-order valence-electron chi connectivity index (χ0n) is 7.27. The molecule has 2 aliphatic rings. The lowest BCUT2D eigenvalue weighted by atomic mass is 10.1. The number of nitrogens with zero attached hydrogens (tertiary/aromatic N) is 1. The van der Waals surface area contributed by atoms with Gasteiger partial charge in [-0.25, -0.2) is 9.79 Å². The van der Waals surface area contributed by atoms with Crippen molar-refractivity contribution in [3.05, 3.63) is 47.3 Å². The van der Waals surface area contributed by atoms with Crippen LogP contribution in [0.3, 0.4) is 0 Å². The van der Waals surface area contributed by atoms with E-state index in [9.17, 15) is 4.79 Å². The zero-order valence-corrected chi connectivity index (χ0v) is 7.27. The third-order valence-corrected chi connectivity index (χ3v) is 1.94. The van der Waals surface area contributed by atoms with Crippen LogP contribution in [0.1, 0.15) is 0 Å². The molecule has 4 nitrogen and oxygen atoms in total. The van der Waals surface area contributed by atoms with E-state index in [0.29, 0.717) is 5.70 Å². The summed E-state index contributed by atoms with van der Waals surface area (Å²) in [7, 11) is 0. The molecule has 0 atom stereocenters. The first-order valence-corrected chi connectivity index (χ1v) is 4.10. The first-order valence-electron chi connectivity index (χ1n) is 4.10. The van der Waals surface area contributed by atoms with Crippen LogP contribution < -0.4 is 5.32 Å². The smallest absolute Gasteiger partial charge is 0.337 e. The molecule has 1 aliphatic heterocycles. The summed E-state index contributed by atoms with van der Waals surface area (Å²) in [5.74, 6) is -0.950. The van der Waals surface area contributed by atoms with E-state index in [-0.39, 0.29) is 5.57 Å². The molecule has 2 rings (SSSR count). The van der Waals surface area contributed by atoms with E-state index in [4.69, 9.17) is 5.11 Å². The molecule has 0 amide bonds. The Bertz CT molecular complexity index is 425. The van der Waals surface area contributed by atoms with Gasteiger partial charge in [-0.3, -0.25) is 0 Å². The SMILES string of the molecule is O=C(O)C1=C2NC=NC=C2C=CC=C1. The molecule has 0 aromatic rings. The number of hydrogen-bond donors (Lipinski definition) is 2. The van der Waals surface area contributed by atoms with Gasteiger partial charge in [-0.05, 0) is 6.08 Å². The topological polar surface area (TPSA) is 61.7 Å². The molecule has 0 spiro atoms. The van der Waals surface area contributed by atoms with Crippen molar-refractivity contribution < 1.29 is 9.90 Å². The third-order valence-electron chi connectivity index (χ3n) is 1.94. The molecule has 0 saturated heterocycles. The normalized spacial score (nSPS) is 18.4. The summed E-state index contributed by atoms with van der Waals surface area (Å²) >= 11 is 0. The first-order chi connectivity index (χ1) is 6.79. The maximum atomic E-state index is 10.9. The van der Waals surface area contributed by atoms with Crippen molar-refractivity contribution in [2.75, 3.05) is 0 Å². The number of hydrogen-bond acceptors (Lipinski definition) is 3. The predicted octanol–water partition coefficient (Wildman–Crippen LogP) is 0.967. The molecule has 2 N–H and O–H groups in total. The largest absolute Gasteiger partial charge is 0.478 e. The summed E-state index contributed by atoms with van der Waals surface area (Å²) in [6.07, 6.45) is 9.93. The Morgan fingerprint density at radius 1 is 1.36 bits per heavy atom. The lowest BCUT2D eigenvalue weighted by Gasteiger charge is -2.12. The van der Waals surface area contributed by atoms with Crippen LogP contribution in [0.2, 0.25) is 0 Å². The Hall–Kier alpha value is -2.10. The summed E-state index contributed by atoms with van der Waals surface area (Å²) in [4.78, 5) is 14.8. The molecule has 0 aromatic carbocycles. The second-order valence-corrected chi connectivity index (χ2v) is 2.82. The molecule has 14 heavy (non-hydrogen) atoms. The summed E-state index contributed by atoms with van der Waals surface area (Å²) in [6.45, 7) is 0. The molecule has 0 fully saturated rings. The minimum absolute atomic E-state index is 0.243. The van der Waals surface area contributed by atoms with Crippen molar-refractivity contribution in [1.82, 2.24) is 5.32 Å². The number of aliphatic carboxylic acids is 1. The van der Waals surface area contributed by atoms with Crippen LogP contribution in [0.25, 0.3) is 0 Å². The van der Waals surface area contributed by atoms with Gasteiger partial charge in [0, 0.05) is 11.8 Å². The molecule has 0 saturated carbocycles. The van der Waals surface area contributed by atoms with Gasteiger partial charge < -0.3 is 10.4 Å². The average molecular weight is 188 g/mol. The molecule has 0 aromatic heterocycles. The van der Waals surface area contributed by atoms with Gasteiger partial charge in [0.15, 0.2) is 0 Å². The fourth-order valence-corrected chi connectivity index (χ4v) is 1.30. The highest BCUT2D eigenvalue weighted by molar-refractivity contribution is 5.93. The van der Waals surface area contributed by atoms with Gasteiger partial charge >= 0.3 is 5.97 Å². The van der Waals surface area contributed by atoms with E-state index < -0.39 is 5.97 Å². The number of rotatable bonds is 1. The van der Waals surface area contributed by atoms with Gasteiger partial charge in [-0.15, -0.1) is 0 Å². The van der Waals surface area contributed by atoms with Crippen LogP contribution >= 0.6 is 0 Å². The van der Waals surface area contributed by atoms with E-state index in [1.807, 2.05) is 6.08 Å². The Labute approximate surface area is 80.7 Å². The number of carbonyl (C=O) groups is 1. The third kappa shape index (κ3) is 1.37. The summed E-state index contributed by atoms with van der Waals surface area (Å²) in [5, 5.41) is 11.8. The number of nitrogens with one attached hydrogen (secondary N) is 1. The standard InChI is InChI=1S/C10H8N2O2/c13-10(14)8-4-2-1-3-7-5-11-6-12-9(7)8/h1-6H,(H,11,12)(H,13,14). The second kappa shape index (κ2) is 3.33. The van der Waals surface area contributed by atoms with Crippen LogP contribution in [0.5, 0.6) is 0 Å². The van der Waals surface area contributed by atoms with E-state index in [0.717, 1.165) is 5.57 Å². The Kier molecular flexibility index (Phi) is 2.02. The number of aliphatic imine (C=N–C) groups is 1. The van der Waals surface area contributed by atoms with Crippen LogP contribution in [-0.2, 0) is 4.79 Å². The van der Waals surface area contributed by atoms with Crippen molar-refractivity contribution >= 4 is 12.3 Å². The van der Waals surface area contributed by atoms with Crippen molar-refractivity contribution in [3.63, 3.8) is 0 Å². The Morgan fingerprint density at radius 3 is 2.93 bits per heavy atom. The minimum Gasteiger partial charge on any atom is -0.478 e. The van der Waals surface area contributed by atoms with Crippen molar-refractivity contribution in [3.8, 4) is 0 Å². The van der Waals surface area contributed by atoms with Crippen LogP contribution in [-0.4, -0.2) is 17.4 Å². The van der Waals surface area contributed by atoms with E-state index in [2.05, 4.69) is 10.3 Å². The van der Waals surface area contributed by atoms with Gasteiger partial charge in [-0.1, -0.05) is 18.2 Å². The molecular formula is C10H8N2O2. The quantitative estimate of drug-likeness (QED) is 0.644. The summed E-state index contributed by atoms with van der Waals surface area (Å²) < 4.78 is 0. The van der Waals surface area contributed by atoms with Gasteiger partial charge in [0.25, 0.3) is 0 Å². The highest BCUT2D eigenvalue weighted by Gasteiger charge is 2.16. The zero-order chi connectivity index (χ0) is 9.97. The number of fused-ring (bicyclic) bond motifs is 1. The number of carboxylic acids is 1. The lowest BCUT2D eigenvalue weighted by molar-refractivity contribution is -0.132. The molecule has 0 radical (unpaired) electrons. The molecule has 70 valence electrons. The fraction of sp³-hybridized carbons (Fsp3) is 0. The van der Waals surface area contributed by atoms with Crippen molar-refractivity contribution in [2.24, 2.45) is 4.99 Å². The monoisotopic (exact) mass is 188 g/mol. The van der Waals surface area contributed by atoms with E-state index >= 15 is 0 Å². The fourth-order valence-electron chi connectivity index (χ4n) is 1.30. The maximum Gasteiger partial charge on any atom is 0.337 e. The van der Waals surface area contributed by atoms with Gasteiger partial charge in [0.1, 0.15) is 0 Å². The Balaban J connectivity index is 2.56. The van der Waals surface area contributed by atoms with Crippen molar-refractivity contribution in [1.29, 1.82) is 0 Å².